The average Bonchev–Trinajstić information content (AvgIpc) is 3.03. The third kappa shape index (κ3) is 2.94. The van der Waals surface area contributed by atoms with Crippen molar-refractivity contribution in [3.8, 4) is 5.88 Å². The fourth-order valence-electron chi connectivity index (χ4n) is 2.85. The number of anilines is 1. The highest BCUT2D eigenvalue weighted by Gasteiger charge is 2.22. The zero-order valence-electron chi connectivity index (χ0n) is 13.0. The molecule has 0 N–H and O–H groups in total. The number of piperidine rings is 1. The van der Waals surface area contributed by atoms with Gasteiger partial charge < -0.3 is 9.64 Å². The molecule has 3 aromatic rings. The van der Waals surface area contributed by atoms with Crippen LogP contribution in [0.3, 0.4) is 0 Å². The summed E-state index contributed by atoms with van der Waals surface area (Å²) in [6.07, 6.45) is 7.32. The predicted molar refractivity (Wildman–Crippen MR) is 85.6 cm³/mol. The van der Waals surface area contributed by atoms with E-state index in [-0.39, 0.29) is 6.10 Å². The predicted octanol–water partition coefficient (Wildman–Crippen LogP) is 1.88. The van der Waals surface area contributed by atoms with Gasteiger partial charge in [0.15, 0.2) is 5.65 Å². The van der Waals surface area contributed by atoms with Crippen LogP contribution in [-0.2, 0) is 0 Å². The fraction of sp³-hybridized carbons (Fsp3) is 0.375. The van der Waals surface area contributed by atoms with Crippen LogP contribution < -0.4 is 9.64 Å². The number of nitrogens with zero attached hydrogens (tertiary/aromatic N) is 6. The molecule has 0 unspecified atom stereocenters. The van der Waals surface area contributed by atoms with Crippen LogP contribution in [0.2, 0.25) is 0 Å². The van der Waals surface area contributed by atoms with Gasteiger partial charge in [0.05, 0.1) is 6.20 Å². The van der Waals surface area contributed by atoms with E-state index in [9.17, 15) is 0 Å². The molecule has 4 rings (SSSR count). The minimum atomic E-state index is 0.187. The number of hydrogen-bond acceptors (Lipinski definition) is 6. The summed E-state index contributed by atoms with van der Waals surface area (Å²) in [4.78, 5) is 15.2. The zero-order chi connectivity index (χ0) is 15.6. The molecule has 0 spiro atoms. The maximum absolute atomic E-state index is 6.03. The molecular weight excluding hydrogens is 292 g/mol. The van der Waals surface area contributed by atoms with Gasteiger partial charge >= 0.3 is 0 Å². The van der Waals surface area contributed by atoms with E-state index in [0.29, 0.717) is 5.88 Å². The Labute approximate surface area is 134 Å². The second-order valence-corrected chi connectivity index (χ2v) is 5.72. The lowest BCUT2D eigenvalue weighted by Gasteiger charge is -2.32. The molecule has 7 heteroatoms. The quantitative estimate of drug-likeness (QED) is 0.736. The Hall–Kier alpha value is -2.70. The number of fused-ring (bicyclic) bond motifs is 1. The van der Waals surface area contributed by atoms with Crippen LogP contribution in [0, 0.1) is 6.92 Å². The van der Waals surface area contributed by atoms with Gasteiger partial charge in [-0.1, -0.05) is 0 Å². The fourth-order valence-corrected chi connectivity index (χ4v) is 2.85. The van der Waals surface area contributed by atoms with Crippen molar-refractivity contribution in [1.29, 1.82) is 0 Å². The lowest BCUT2D eigenvalue weighted by atomic mass is 10.1. The van der Waals surface area contributed by atoms with Crippen molar-refractivity contribution in [2.45, 2.75) is 25.9 Å². The first-order valence-corrected chi connectivity index (χ1v) is 7.78. The van der Waals surface area contributed by atoms with Crippen molar-refractivity contribution >= 4 is 11.5 Å². The molecule has 1 aliphatic heterocycles. The number of hydrogen-bond donors (Lipinski definition) is 0. The summed E-state index contributed by atoms with van der Waals surface area (Å²) in [5.41, 5.74) is 1.79. The average molecular weight is 310 g/mol. The Kier molecular flexibility index (Phi) is 3.53. The molecule has 0 amide bonds. The highest BCUT2D eigenvalue weighted by atomic mass is 16.5. The molecule has 1 saturated heterocycles. The summed E-state index contributed by atoms with van der Waals surface area (Å²) in [5.74, 6) is 1.66. The molecule has 23 heavy (non-hydrogen) atoms. The van der Waals surface area contributed by atoms with Crippen LogP contribution >= 0.6 is 0 Å². The number of aryl methyl sites for hydroxylation is 1. The molecule has 0 atom stereocenters. The second-order valence-electron chi connectivity index (χ2n) is 5.72. The number of rotatable bonds is 3. The standard InChI is InChI=1S/C16H18N6O/c1-12-10-15(18-11-17-12)21-7-3-13(4-8-21)23-16-5-9-22-14(20-16)2-6-19-22/h2,5-6,9-11,13H,3-4,7-8H2,1H3. The summed E-state index contributed by atoms with van der Waals surface area (Å²) in [6, 6.07) is 5.75. The van der Waals surface area contributed by atoms with E-state index in [1.54, 1.807) is 17.0 Å². The first-order chi connectivity index (χ1) is 11.3. The first kappa shape index (κ1) is 13.9. The Morgan fingerprint density at radius 1 is 1.17 bits per heavy atom. The van der Waals surface area contributed by atoms with Gasteiger partial charge in [0.1, 0.15) is 18.2 Å². The number of aromatic nitrogens is 5. The van der Waals surface area contributed by atoms with Gasteiger partial charge in [0.2, 0.25) is 5.88 Å². The van der Waals surface area contributed by atoms with Crippen LogP contribution in [0.5, 0.6) is 5.88 Å². The molecular formula is C16H18N6O. The van der Waals surface area contributed by atoms with Crippen molar-refractivity contribution in [3.63, 3.8) is 0 Å². The maximum Gasteiger partial charge on any atom is 0.217 e. The van der Waals surface area contributed by atoms with Gasteiger partial charge in [-0.25, -0.2) is 14.5 Å². The topological polar surface area (TPSA) is 68.4 Å². The van der Waals surface area contributed by atoms with E-state index in [1.807, 2.05) is 31.3 Å². The van der Waals surface area contributed by atoms with Gasteiger partial charge in [-0.15, -0.1) is 0 Å². The van der Waals surface area contributed by atoms with Crippen LogP contribution in [0.4, 0.5) is 5.82 Å². The summed E-state index contributed by atoms with van der Waals surface area (Å²) in [7, 11) is 0. The third-order valence-corrected chi connectivity index (χ3v) is 4.08. The molecule has 118 valence electrons. The van der Waals surface area contributed by atoms with E-state index in [0.717, 1.165) is 43.1 Å². The van der Waals surface area contributed by atoms with Gasteiger partial charge in [-0.05, 0) is 6.92 Å². The van der Waals surface area contributed by atoms with E-state index in [2.05, 4.69) is 25.0 Å². The van der Waals surface area contributed by atoms with Crippen LogP contribution in [0.1, 0.15) is 18.5 Å². The van der Waals surface area contributed by atoms with E-state index >= 15 is 0 Å². The molecule has 3 aromatic heterocycles. The largest absolute Gasteiger partial charge is 0.474 e. The van der Waals surface area contributed by atoms with Crippen LogP contribution in [0.15, 0.2) is 36.9 Å². The van der Waals surface area contributed by atoms with Crippen LogP contribution in [0.25, 0.3) is 5.65 Å². The zero-order valence-corrected chi connectivity index (χ0v) is 13.0. The monoisotopic (exact) mass is 310 g/mol. The first-order valence-electron chi connectivity index (χ1n) is 7.78. The van der Waals surface area contributed by atoms with Gasteiger partial charge in [-0.2, -0.15) is 10.1 Å². The van der Waals surface area contributed by atoms with Crippen molar-refractivity contribution in [2.75, 3.05) is 18.0 Å². The Balaban J connectivity index is 1.39. The Bertz CT molecular complexity index is 809. The molecule has 4 heterocycles. The normalized spacial score (nSPS) is 16.0. The van der Waals surface area contributed by atoms with Crippen molar-refractivity contribution in [2.24, 2.45) is 0 Å². The van der Waals surface area contributed by atoms with Crippen molar-refractivity contribution < 1.29 is 4.74 Å². The van der Waals surface area contributed by atoms with Crippen molar-refractivity contribution in [1.82, 2.24) is 24.6 Å². The van der Waals surface area contributed by atoms with E-state index < -0.39 is 0 Å². The Morgan fingerprint density at radius 3 is 2.87 bits per heavy atom. The molecule has 7 nitrogen and oxygen atoms in total. The SMILES string of the molecule is Cc1cc(N2CCC(Oc3ccn4nccc4n3)CC2)ncn1. The van der Waals surface area contributed by atoms with E-state index in [1.165, 1.54) is 0 Å². The molecule has 1 aliphatic rings. The lowest BCUT2D eigenvalue weighted by Crippen LogP contribution is -2.38. The third-order valence-electron chi connectivity index (χ3n) is 4.08. The highest BCUT2D eigenvalue weighted by molar-refractivity contribution is 5.39. The second kappa shape index (κ2) is 5.83. The van der Waals surface area contributed by atoms with Crippen LogP contribution in [-0.4, -0.2) is 43.8 Å². The molecule has 1 fully saturated rings. The molecule has 0 aliphatic carbocycles. The van der Waals surface area contributed by atoms with Gasteiger partial charge in [0, 0.05) is 56.0 Å². The molecule has 0 radical (unpaired) electrons. The summed E-state index contributed by atoms with van der Waals surface area (Å²) in [5, 5.41) is 4.14. The summed E-state index contributed by atoms with van der Waals surface area (Å²) in [6.45, 7) is 3.84. The number of ether oxygens (including phenoxy) is 1. The maximum atomic E-state index is 6.03. The minimum Gasteiger partial charge on any atom is -0.474 e. The smallest absolute Gasteiger partial charge is 0.217 e. The van der Waals surface area contributed by atoms with Crippen molar-refractivity contribution in [3.05, 3.63) is 42.6 Å². The summed E-state index contributed by atoms with van der Waals surface area (Å²) >= 11 is 0. The summed E-state index contributed by atoms with van der Waals surface area (Å²) < 4.78 is 7.76. The molecule has 0 bridgehead atoms. The highest BCUT2D eigenvalue weighted by Crippen LogP contribution is 2.21. The molecule has 0 aromatic carbocycles. The van der Waals surface area contributed by atoms with Gasteiger partial charge in [0.25, 0.3) is 0 Å². The lowest BCUT2D eigenvalue weighted by molar-refractivity contribution is 0.164. The Morgan fingerprint density at radius 2 is 2.04 bits per heavy atom. The van der Waals surface area contributed by atoms with E-state index in [4.69, 9.17) is 4.74 Å². The minimum absolute atomic E-state index is 0.187. The molecule has 0 saturated carbocycles. The van der Waals surface area contributed by atoms with Gasteiger partial charge in [-0.3, -0.25) is 0 Å².